The van der Waals surface area contributed by atoms with Gasteiger partial charge in [0.05, 0.1) is 4.53 Å². The molecule has 2 aromatic rings. The second-order valence-corrected chi connectivity index (χ2v) is 8.83. The van der Waals surface area contributed by atoms with Gasteiger partial charge in [0.15, 0.2) is 5.78 Å². The van der Waals surface area contributed by atoms with E-state index in [-0.39, 0.29) is 16.9 Å². The summed E-state index contributed by atoms with van der Waals surface area (Å²) in [5, 5.41) is 9.50. The molecule has 126 valence electrons. The van der Waals surface area contributed by atoms with Gasteiger partial charge in [-0.25, -0.2) is 0 Å². The zero-order valence-corrected chi connectivity index (χ0v) is 16.1. The molecule has 0 radical (unpaired) electrons. The highest BCUT2D eigenvalue weighted by Gasteiger charge is 2.27. The average Bonchev–Trinajstić information content (AvgIpc) is 3.04. The van der Waals surface area contributed by atoms with Crippen LogP contribution >= 0.6 is 22.7 Å². The summed E-state index contributed by atoms with van der Waals surface area (Å²) in [7, 11) is 0. The SMILES string of the molecule is CCn1c(=O)/c(=C\c2ccc(C)s2)s/c1=C(/C#N)C(=O)C(C)(C)C. The van der Waals surface area contributed by atoms with Crippen molar-refractivity contribution in [1.29, 1.82) is 5.26 Å². The van der Waals surface area contributed by atoms with Crippen molar-refractivity contribution in [2.45, 2.75) is 41.2 Å². The quantitative estimate of drug-likeness (QED) is 0.844. The molecule has 0 aliphatic carbocycles. The molecule has 0 bridgehead atoms. The topological polar surface area (TPSA) is 62.9 Å². The van der Waals surface area contributed by atoms with Crippen molar-refractivity contribution < 1.29 is 4.79 Å². The van der Waals surface area contributed by atoms with E-state index in [9.17, 15) is 14.9 Å². The summed E-state index contributed by atoms with van der Waals surface area (Å²) < 4.78 is 2.51. The van der Waals surface area contributed by atoms with Gasteiger partial charge in [-0.05, 0) is 32.1 Å². The molecule has 0 aliphatic heterocycles. The number of nitriles is 1. The van der Waals surface area contributed by atoms with E-state index < -0.39 is 5.41 Å². The van der Waals surface area contributed by atoms with E-state index in [0.717, 1.165) is 4.88 Å². The van der Waals surface area contributed by atoms with Crippen molar-refractivity contribution in [3.05, 3.63) is 41.4 Å². The highest BCUT2D eigenvalue weighted by Crippen LogP contribution is 2.19. The van der Waals surface area contributed by atoms with Crippen molar-refractivity contribution in [2.75, 3.05) is 0 Å². The number of ketones is 1. The van der Waals surface area contributed by atoms with E-state index >= 15 is 0 Å². The number of hydrogen-bond donors (Lipinski definition) is 0. The molecule has 0 aliphatic rings. The highest BCUT2D eigenvalue weighted by atomic mass is 32.1. The van der Waals surface area contributed by atoms with Crippen LogP contribution in [0, 0.1) is 23.7 Å². The van der Waals surface area contributed by atoms with Gasteiger partial charge in [-0.3, -0.25) is 14.2 Å². The number of Topliss-reactive ketones (excluding diaryl/α,β-unsaturated/α-hetero) is 1. The fourth-order valence-corrected chi connectivity index (χ4v) is 4.27. The third-order valence-electron chi connectivity index (χ3n) is 3.49. The molecule has 0 fully saturated rings. The average molecular weight is 361 g/mol. The van der Waals surface area contributed by atoms with Gasteiger partial charge < -0.3 is 0 Å². The van der Waals surface area contributed by atoms with Crippen LogP contribution in [0.4, 0.5) is 0 Å². The summed E-state index contributed by atoms with van der Waals surface area (Å²) in [6.07, 6.45) is 1.83. The number of hydrogen-bond acceptors (Lipinski definition) is 5. The molecule has 0 atom stereocenters. The fourth-order valence-electron chi connectivity index (χ4n) is 2.22. The van der Waals surface area contributed by atoms with Gasteiger partial charge in [0.1, 0.15) is 16.3 Å². The minimum absolute atomic E-state index is 0.0634. The number of aryl methyl sites for hydroxylation is 1. The molecule has 0 unspecified atom stereocenters. The van der Waals surface area contributed by atoms with Gasteiger partial charge in [-0.2, -0.15) is 5.26 Å². The van der Waals surface area contributed by atoms with Crippen molar-refractivity contribution in [3.8, 4) is 6.07 Å². The van der Waals surface area contributed by atoms with E-state index in [1.54, 1.807) is 32.1 Å². The van der Waals surface area contributed by atoms with Crippen molar-refractivity contribution in [1.82, 2.24) is 4.57 Å². The van der Waals surface area contributed by atoms with Crippen LogP contribution in [-0.2, 0) is 11.3 Å². The van der Waals surface area contributed by atoms with Crippen LogP contribution in [-0.4, -0.2) is 10.4 Å². The van der Waals surface area contributed by atoms with Crippen LogP contribution in [0.2, 0.25) is 0 Å². The lowest BCUT2D eigenvalue weighted by molar-refractivity contribution is -0.120. The molecular formula is C18H20N2O2S2. The van der Waals surface area contributed by atoms with E-state index in [2.05, 4.69) is 0 Å². The molecule has 4 nitrogen and oxygen atoms in total. The third-order valence-corrected chi connectivity index (χ3v) is 5.57. The molecule has 0 spiro atoms. The van der Waals surface area contributed by atoms with Crippen LogP contribution in [0.3, 0.4) is 0 Å². The Kier molecular flexibility index (Phi) is 5.26. The Morgan fingerprint density at radius 3 is 2.46 bits per heavy atom. The molecule has 2 heterocycles. The summed E-state index contributed by atoms with van der Waals surface area (Å²) in [5.41, 5.74) is -0.759. The van der Waals surface area contributed by atoms with Gasteiger partial charge in [-0.15, -0.1) is 22.7 Å². The Morgan fingerprint density at radius 1 is 1.33 bits per heavy atom. The summed E-state index contributed by atoms with van der Waals surface area (Å²) in [4.78, 5) is 27.4. The predicted octanol–water partition coefficient (Wildman–Crippen LogP) is 2.42. The Hall–Kier alpha value is -1.97. The van der Waals surface area contributed by atoms with Gasteiger partial charge in [0.2, 0.25) is 0 Å². The monoisotopic (exact) mass is 360 g/mol. The lowest BCUT2D eigenvalue weighted by atomic mass is 9.87. The fraction of sp³-hybridized carbons (Fsp3) is 0.389. The number of thiazole rings is 1. The van der Waals surface area contributed by atoms with Crippen LogP contribution in [0.25, 0.3) is 11.6 Å². The van der Waals surface area contributed by atoms with Gasteiger partial charge in [-0.1, -0.05) is 20.8 Å². The van der Waals surface area contributed by atoms with Crippen molar-refractivity contribution >= 4 is 40.1 Å². The van der Waals surface area contributed by atoms with Crippen LogP contribution in [0.1, 0.15) is 37.4 Å². The molecule has 2 rings (SSSR count). The summed E-state index contributed by atoms with van der Waals surface area (Å²) >= 11 is 2.82. The van der Waals surface area contributed by atoms with Gasteiger partial charge >= 0.3 is 0 Å². The second-order valence-electron chi connectivity index (χ2n) is 6.48. The summed E-state index contributed by atoms with van der Waals surface area (Å²) in [6, 6.07) is 5.98. The summed E-state index contributed by atoms with van der Waals surface area (Å²) in [6.45, 7) is 9.59. The Balaban J connectivity index is 2.82. The van der Waals surface area contributed by atoms with E-state index in [1.165, 1.54) is 20.8 Å². The Morgan fingerprint density at radius 2 is 2.00 bits per heavy atom. The van der Waals surface area contributed by atoms with Crippen molar-refractivity contribution in [2.24, 2.45) is 5.41 Å². The maximum atomic E-state index is 12.6. The Labute approximate surface area is 149 Å². The van der Waals surface area contributed by atoms with Crippen LogP contribution < -0.4 is 14.8 Å². The first-order valence-corrected chi connectivity index (χ1v) is 9.29. The summed E-state index contributed by atoms with van der Waals surface area (Å²) in [5.74, 6) is -0.244. The van der Waals surface area contributed by atoms with E-state index in [1.807, 2.05) is 38.1 Å². The number of carbonyl (C=O) groups excluding carboxylic acids is 1. The first-order valence-electron chi connectivity index (χ1n) is 7.66. The minimum Gasteiger partial charge on any atom is -0.298 e. The zero-order chi connectivity index (χ0) is 18.1. The van der Waals surface area contributed by atoms with E-state index in [4.69, 9.17) is 0 Å². The zero-order valence-electron chi connectivity index (χ0n) is 14.5. The highest BCUT2D eigenvalue weighted by molar-refractivity contribution is 7.13. The lowest BCUT2D eigenvalue weighted by Gasteiger charge is -2.15. The maximum Gasteiger partial charge on any atom is 0.269 e. The first kappa shape index (κ1) is 18.4. The minimum atomic E-state index is -0.668. The standard InChI is InChI=1S/C18H20N2O2S2/c1-6-20-16(22)14(9-12-8-7-11(2)23-12)24-17(20)13(10-19)15(21)18(3,4)5/h7-9H,6H2,1-5H3/b14-9+,17-13-. The second kappa shape index (κ2) is 6.88. The van der Waals surface area contributed by atoms with Crippen LogP contribution in [0.15, 0.2) is 16.9 Å². The molecule has 0 saturated heterocycles. The van der Waals surface area contributed by atoms with Gasteiger partial charge in [0, 0.05) is 21.7 Å². The molecule has 0 amide bonds. The smallest absolute Gasteiger partial charge is 0.269 e. The van der Waals surface area contributed by atoms with Crippen LogP contribution in [0.5, 0.6) is 0 Å². The largest absolute Gasteiger partial charge is 0.298 e. The molecule has 2 aromatic heterocycles. The van der Waals surface area contributed by atoms with Crippen molar-refractivity contribution in [3.63, 3.8) is 0 Å². The molecular weight excluding hydrogens is 340 g/mol. The molecule has 0 aromatic carbocycles. The molecule has 6 heteroatoms. The normalized spacial score (nSPS) is 13.8. The third kappa shape index (κ3) is 3.58. The number of nitrogens with zero attached hydrogens (tertiary/aromatic N) is 2. The number of thiophene rings is 1. The molecule has 0 N–H and O–H groups in total. The predicted molar refractivity (Wildman–Crippen MR) is 99.6 cm³/mol. The van der Waals surface area contributed by atoms with E-state index in [0.29, 0.717) is 15.7 Å². The molecule has 0 saturated carbocycles. The number of carbonyl (C=O) groups is 1. The number of aromatic nitrogens is 1. The lowest BCUT2D eigenvalue weighted by Crippen LogP contribution is -2.33. The molecule has 24 heavy (non-hydrogen) atoms. The maximum absolute atomic E-state index is 12.6. The Bertz CT molecular complexity index is 992. The first-order chi connectivity index (χ1) is 11.2. The van der Waals surface area contributed by atoms with Gasteiger partial charge in [0.25, 0.3) is 5.56 Å². The number of rotatable bonds is 3.